The van der Waals surface area contributed by atoms with E-state index in [1.54, 1.807) is 18.6 Å². The molecule has 0 aromatic carbocycles. The summed E-state index contributed by atoms with van der Waals surface area (Å²) in [5.41, 5.74) is 6.91. The lowest BCUT2D eigenvalue weighted by Gasteiger charge is -2.34. The third-order valence-electron chi connectivity index (χ3n) is 8.57. The van der Waals surface area contributed by atoms with E-state index in [9.17, 15) is 4.79 Å². The number of hydrogen-bond acceptors (Lipinski definition) is 7. The highest BCUT2D eigenvalue weighted by atomic mass is 16.1. The normalized spacial score (nSPS) is 17.0. The minimum Gasteiger partial charge on any atom is -0.368 e. The lowest BCUT2D eigenvalue weighted by atomic mass is 9.87. The molecule has 1 aliphatic carbocycles. The van der Waals surface area contributed by atoms with Gasteiger partial charge in [-0.1, -0.05) is 19.3 Å². The molecule has 1 saturated carbocycles. The number of rotatable bonds is 6. The second-order valence-corrected chi connectivity index (χ2v) is 11.5. The van der Waals surface area contributed by atoms with Crippen molar-refractivity contribution in [3.05, 3.63) is 49.1 Å². The minimum atomic E-state index is 0.0553. The molecule has 10 nitrogen and oxygen atoms in total. The molecule has 0 bridgehead atoms. The topological polar surface area (TPSA) is 119 Å². The number of carbonyl (C=O) groups excluding carboxylic acids is 1. The zero-order valence-electron chi connectivity index (χ0n) is 23.4. The summed E-state index contributed by atoms with van der Waals surface area (Å²) >= 11 is 0. The summed E-state index contributed by atoms with van der Waals surface area (Å²) in [6, 6.07) is 8.22. The number of aromatic nitrogens is 6. The van der Waals surface area contributed by atoms with Crippen LogP contribution >= 0.6 is 0 Å². The number of H-pyrrole nitrogens is 2. The number of likely N-dealkylation sites (N-methyl/N-ethyl adjacent to an activating group) is 1. The quantitative estimate of drug-likeness (QED) is 0.266. The lowest BCUT2D eigenvalue weighted by molar-refractivity contribution is -0.117. The van der Waals surface area contributed by atoms with Gasteiger partial charge in [-0.3, -0.25) is 19.9 Å². The van der Waals surface area contributed by atoms with Crippen molar-refractivity contribution in [3.63, 3.8) is 0 Å². The maximum Gasteiger partial charge on any atom is 0.224 e. The standard InChI is InChI=1S/C31H35N9O/c1-39-9-11-40(12-10-39)28-7-8-33-31-24(28)16-26(36-31)30-23-15-25(34-19-27(23)37-38-30)21-14-22(18-32-17-21)35-29(41)13-20-5-3-2-4-6-20/h7-8,14-20H,2-6,9-13H2,1H3,(H,33,36)(H,35,41)(H,37,38). The van der Waals surface area contributed by atoms with Crippen molar-refractivity contribution in [2.24, 2.45) is 5.92 Å². The van der Waals surface area contributed by atoms with Gasteiger partial charge in [0.05, 0.1) is 35.0 Å². The number of amides is 1. The first-order valence-corrected chi connectivity index (χ1v) is 14.6. The Hall–Kier alpha value is -4.31. The number of fused-ring (bicyclic) bond motifs is 2. The summed E-state index contributed by atoms with van der Waals surface area (Å²) in [6.07, 6.45) is 13.7. The molecule has 2 fully saturated rings. The first-order chi connectivity index (χ1) is 20.1. The molecule has 7 rings (SSSR count). The van der Waals surface area contributed by atoms with Gasteiger partial charge in [0.25, 0.3) is 0 Å². The molecular formula is C31H35N9O. The van der Waals surface area contributed by atoms with Crippen LogP contribution in [0.2, 0.25) is 0 Å². The van der Waals surface area contributed by atoms with Gasteiger partial charge in [0.2, 0.25) is 5.91 Å². The number of anilines is 2. The smallest absolute Gasteiger partial charge is 0.224 e. The van der Waals surface area contributed by atoms with Gasteiger partial charge in [0.15, 0.2) is 0 Å². The second-order valence-electron chi connectivity index (χ2n) is 11.5. The average molecular weight is 550 g/mol. The van der Waals surface area contributed by atoms with Gasteiger partial charge in [-0.2, -0.15) is 5.10 Å². The Labute approximate surface area is 238 Å². The highest BCUT2D eigenvalue weighted by Crippen LogP contribution is 2.34. The third kappa shape index (κ3) is 5.27. The molecule has 0 radical (unpaired) electrons. The molecule has 0 atom stereocenters. The minimum absolute atomic E-state index is 0.0553. The fourth-order valence-corrected chi connectivity index (χ4v) is 6.26. The van der Waals surface area contributed by atoms with E-state index in [0.717, 1.165) is 83.6 Å². The third-order valence-corrected chi connectivity index (χ3v) is 8.57. The van der Waals surface area contributed by atoms with Gasteiger partial charge >= 0.3 is 0 Å². The Kier molecular flexibility index (Phi) is 6.84. The molecular weight excluding hydrogens is 514 g/mol. The van der Waals surface area contributed by atoms with Crippen LogP contribution in [0.25, 0.3) is 44.6 Å². The fourth-order valence-electron chi connectivity index (χ4n) is 6.26. The zero-order chi connectivity index (χ0) is 27.8. The van der Waals surface area contributed by atoms with Gasteiger partial charge in [0.1, 0.15) is 11.3 Å². The Morgan fingerprint density at radius 1 is 1.00 bits per heavy atom. The van der Waals surface area contributed by atoms with E-state index in [2.05, 4.69) is 64.4 Å². The molecule has 1 amide bonds. The monoisotopic (exact) mass is 549 g/mol. The van der Waals surface area contributed by atoms with Crippen LogP contribution in [0.3, 0.4) is 0 Å². The number of carbonyl (C=O) groups is 1. The Morgan fingerprint density at radius 2 is 1.85 bits per heavy atom. The summed E-state index contributed by atoms with van der Waals surface area (Å²) in [6.45, 7) is 4.07. The Morgan fingerprint density at radius 3 is 2.71 bits per heavy atom. The maximum atomic E-state index is 12.7. The van der Waals surface area contributed by atoms with Gasteiger partial charge < -0.3 is 20.1 Å². The molecule has 0 unspecified atom stereocenters. The molecule has 0 spiro atoms. The molecule has 5 aromatic rings. The Bertz CT molecular complexity index is 1690. The molecule has 1 saturated heterocycles. The summed E-state index contributed by atoms with van der Waals surface area (Å²) in [5.74, 6) is 0.542. The van der Waals surface area contributed by atoms with Crippen molar-refractivity contribution in [2.45, 2.75) is 38.5 Å². The first-order valence-electron chi connectivity index (χ1n) is 14.6. The van der Waals surface area contributed by atoms with Crippen LogP contribution in [0.15, 0.2) is 49.1 Å². The van der Waals surface area contributed by atoms with Crippen molar-refractivity contribution >= 4 is 39.2 Å². The number of hydrogen-bond donors (Lipinski definition) is 3. The molecule has 1 aliphatic heterocycles. The van der Waals surface area contributed by atoms with E-state index < -0.39 is 0 Å². The molecule has 41 heavy (non-hydrogen) atoms. The van der Waals surface area contributed by atoms with Crippen molar-refractivity contribution in [1.82, 2.24) is 35.0 Å². The van der Waals surface area contributed by atoms with Gasteiger partial charge in [-0.05, 0) is 50.1 Å². The van der Waals surface area contributed by atoms with Gasteiger partial charge in [-0.25, -0.2) is 4.98 Å². The maximum absolute atomic E-state index is 12.7. The number of nitrogens with one attached hydrogen (secondary N) is 3. The lowest BCUT2D eigenvalue weighted by Crippen LogP contribution is -2.44. The summed E-state index contributed by atoms with van der Waals surface area (Å²) in [7, 11) is 2.17. The van der Waals surface area contributed by atoms with Crippen molar-refractivity contribution in [2.75, 3.05) is 43.4 Å². The van der Waals surface area contributed by atoms with E-state index in [1.165, 1.54) is 24.9 Å². The zero-order valence-corrected chi connectivity index (χ0v) is 23.4. The van der Waals surface area contributed by atoms with Crippen molar-refractivity contribution in [1.29, 1.82) is 0 Å². The van der Waals surface area contributed by atoms with Crippen LogP contribution in [-0.4, -0.2) is 74.2 Å². The second kappa shape index (κ2) is 10.9. The summed E-state index contributed by atoms with van der Waals surface area (Å²) < 4.78 is 0. The SMILES string of the molecule is CN1CCN(c2ccnc3[nH]c(-c4n[nH]c5cnc(-c6cncc(NC(=O)CC7CCCCC7)c6)cc45)cc23)CC1. The van der Waals surface area contributed by atoms with E-state index in [-0.39, 0.29) is 5.91 Å². The largest absolute Gasteiger partial charge is 0.368 e. The molecule has 2 aliphatic rings. The Balaban J connectivity index is 1.16. The fraction of sp³-hybridized carbons (Fsp3) is 0.387. The molecule has 6 heterocycles. The van der Waals surface area contributed by atoms with E-state index in [4.69, 9.17) is 0 Å². The predicted octanol–water partition coefficient (Wildman–Crippen LogP) is 5.22. The number of pyridine rings is 3. The summed E-state index contributed by atoms with van der Waals surface area (Å²) in [4.78, 5) is 34.7. The molecule has 5 aromatic heterocycles. The van der Waals surface area contributed by atoms with Crippen molar-refractivity contribution in [3.8, 4) is 22.6 Å². The van der Waals surface area contributed by atoms with E-state index in [1.807, 2.05) is 18.3 Å². The van der Waals surface area contributed by atoms with Crippen LogP contribution in [-0.2, 0) is 4.79 Å². The first kappa shape index (κ1) is 25.6. The predicted molar refractivity (Wildman–Crippen MR) is 162 cm³/mol. The molecule has 10 heteroatoms. The summed E-state index contributed by atoms with van der Waals surface area (Å²) in [5, 5.41) is 12.9. The average Bonchev–Trinajstić information content (AvgIpc) is 3.62. The molecule has 3 N–H and O–H groups in total. The van der Waals surface area contributed by atoms with Crippen LogP contribution in [0.4, 0.5) is 11.4 Å². The highest BCUT2D eigenvalue weighted by Gasteiger charge is 2.20. The van der Waals surface area contributed by atoms with Crippen LogP contribution in [0.5, 0.6) is 0 Å². The van der Waals surface area contributed by atoms with E-state index in [0.29, 0.717) is 18.0 Å². The van der Waals surface area contributed by atoms with Gasteiger partial charge in [0, 0.05) is 67.0 Å². The van der Waals surface area contributed by atoms with Crippen LogP contribution in [0.1, 0.15) is 38.5 Å². The van der Waals surface area contributed by atoms with Crippen LogP contribution < -0.4 is 10.2 Å². The van der Waals surface area contributed by atoms with Gasteiger partial charge in [-0.15, -0.1) is 0 Å². The molecule has 210 valence electrons. The van der Waals surface area contributed by atoms with Crippen LogP contribution in [0, 0.1) is 5.92 Å². The number of nitrogens with zero attached hydrogens (tertiary/aromatic N) is 6. The highest BCUT2D eigenvalue weighted by molar-refractivity contribution is 5.99. The number of aromatic amines is 2. The van der Waals surface area contributed by atoms with E-state index >= 15 is 0 Å². The number of piperazine rings is 1. The van der Waals surface area contributed by atoms with Crippen molar-refractivity contribution < 1.29 is 4.79 Å².